The van der Waals surface area contributed by atoms with Crippen LogP contribution in [0.4, 0.5) is 5.82 Å². The maximum atomic E-state index is 12.0. The predicted octanol–water partition coefficient (Wildman–Crippen LogP) is -0.450. The number of hydrogen-bond acceptors (Lipinski definition) is 14. The molecule has 1 aliphatic rings. The summed E-state index contributed by atoms with van der Waals surface area (Å²) in [5.74, 6) is -0.00339. The van der Waals surface area contributed by atoms with Gasteiger partial charge in [0.25, 0.3) is 0 Å². The summed E-state index contributed by atoms with van der Waals surface area (Å²) in [7, 11) is -16.8. The van der Waals surface area contributed by atoms with Crippen molar-refractivity contribution >= 4 is 40.4 Å². The summed E-state index contributed by atoms with van der Waals surface area (Å²) in [5.41, 5.74) is 6.03. The zero-order valence-corrected chi connectivity index (χ0v) is 21.1. The molecule has 204 valence electrons. The Hall–Kier alpha value is -1.56. The van der Waals surface area contributed by atoms with Gasteiger partial charge >= 0.3 is 29.5 Å². The van der Waals surface area contributed by atoms with Gasteiger partial charge in [-0.25, -0.2) is 28.2 Å². The van der Waals surface area contributed by atoms with Crippen LogP contribution in [0.3, 0.4) is 0 Å². The number of fused-ring (bicyclic) bond motifs is 1. The van der Waals surface area contributed by atoms with E-state index in [1.54, 1.807) is 0 Å². The molecule has 0 saturated carbocycles. The van der Waals surface area contributed by atoms with Crippen molar-refractivity contribution in [3.05, 3.63) is 6.33 Å². The van der Waals surface area contributed by atoms with Gasteiger partial charge in [0.1, 0.15) is 24.6 Å². The summed E-state index contributed by atoms with van der Waals surface area (Å²) < 4.78 is 58.3. The zero-order chi connectivity index (χ0) is 26.9. The minimum atomic E-state index is -5.74. The van der Waals surface area contributed by atoms with E-state index in [0.717, 1.165) is 12.7 Å². The quantitative estimate of drug-likeness (QED) is 0.124. The van der Waals surface area contributed by atoms with Crippen molar-refractivity contribution in [2.45, 2.75) is 44.3 Å². The molecule has 0 aliphatic carbocycles. The van der Waals surface area contributed by atoms with E-state index in [-0.39, 0.29) is 29.6 Å². The first-order valence-electron chi connectivity index (χ1n) is 10.1. The lowest BCUT2D eigenvalue weighted by Gasteiger charge is -2.19. The van der Waals surface area contributed by atoms with Gasteiger partial charge in [-0.1, -0.05) is 13.3 Å². The molecule has 2 aromatic heterocycles. The Kier molecular flexibility index (Phi) is 8.90. The van der Waals surface area contributed by atoms with E-state index in [1.165, 1.54) is 4.57 Å². The van der Waals surface area contributed by atoms with Gasteiger partial charge in [-0.2, -0.15) is 13.6 Å². The second-order valence-corrected chi connectivity index (χ2v) is 11.8. The average Bonchev–Trinajstić information content (AvgIpc) is 3.22. The summed E-state index contributed by atoms with van der Waals surface area (Å²) in [5, 5.41) is 21.0. The molecular formula is C14H24N5O14P3. The van der Waals surface area contributed by atoms with Crippen LogP contribution in [0.2, 0.25) is 0 Å². The number of rotatable bonds is 12. The second kappa shape index (κ2) is 11.0. The summed E-state index contributed by atoms with van der Waals surface area (Å²) >= 11 is 0. The van der Waals surface area contributed by atoms with E-state index < -0.39 is 54.6 Å². The highest BCUT2D eigenvalue weighted by atomic mass is 31.3. The molecular weight excluding hydrogens is 555 g/mol. The van der Waals surface area contributed by atoms with Gasteiger partial charge in [0.15, 0.2) is 23.2 Å². The van der Waals surface area contributed by atoms with Crippen LogP contribution in [-0.4, -0.2) is 80.8 Å². The number of nitrogen functional groups attached to an aromatic ring is 1. The summed E-state index contributed by atoms with van der Waals surface area (Å²) in [6, 6.07) is -0.0737. The van der Waals surface area contributed by atoms with Crippen LogP contribution in [0.25, 0.3) is 11.2 Å². The molecule has 22 heteroatoms. The highest BCUT2D eigenvalue weighted by Gasteiger charge is 2.47. The van der Waals surface area contributed by atoms with Crippen molar-refractivity contribution in [1.29, 1.82) is 0 Å². The number of nitrogens with zero attached hydrogens (tertiary/aromatic N) is 4. The Balaban J connectivity index is 1.79. The van der Waals surface area contributed by atoms with Crippen molar-refractivity contribution in [2.24, 2.45) is 0 Å². The number of anilines is 1. The summed E-state index contributed by atoms with van der Waals surface area (Å²) in [6.45, 7) is 1.17. The number of aliphatic hydroxyl groups is 2. The van der Waals surface area contributed by atoms with E-state index >= 15 is 0 Å². The fourth-order valence-corrected chi connectivity index (χ4v) is 6.13. The third-order valence-corrected chi connectivity index (χ3v) is 8.41. The molecule has 2 unspecified atom stereocenters. The molecule has 0 spiro atoms. The highest BCUT2D eigenvalue weighted by molar-refractivity contribution is 7.66. The van der Waals surface area contributed by atoms with Crippen molar-refractivity contribution in [3.63, 3.8) is 0 Å². The molecule has 3 rings (SSSR count). The van der Waals surface area contributed by atoms with Gasteiger partial charge in [0.2, 0.25) is 0 Å². The third kappa shape index (κ3) is 7.05. The molecule has 1 saturated heterocycles. The van der Waals surface area contributed by atoms with Gasteiger partial charge in [-0.15, -0.1) is 0 Å². The first-order chi connectivity index (χ1) is 16.6. The van der Waals surface area contributed by atoms with E-state index in [2.05, 4.69) is 28.1 Å². The maximum Gasteiger partial charge on any atom is 0.490 e. The van der Waals surface area contributed by atoms with Gasteiger partial charge in [-0.05, 0) is 6.42 Å². The number of nitrogens with two attached hydrogens (primary N) is 1. The predicted molar refractivity (Wildman–Crippen MR) is 116 cm³/mol. The second-order valence-electron chi connectivity index (χ2n) is 7.33. The van der Waals surface area contributed by atoms with Crippen molar-refractivity contribution < 1.29 is 66.1 Å². The molecule has 1 aliphatic heterocycles. The minimum absolute atomic E-state index is 0.00339. The molecule has 0 amide bonds. The first kappa shape index (κ1) is 29.0. The molecule has 0 radical (unpaired) electrons. The summed E-state index contributed by atoms with van der Waals surface area (Å²) in [4.78, 5) is 48.1. The smallest absolute Gasteiger partial charge is 0.465 e. The Morgan fingerprint density at radius 3 is 2.42 bits per heavy atom. The number of ether oxygens (including phenoxy) is 2. The normalized spacial score (nSPS) is 26.1. The van der Waals surface area contributed by atoms with Crippen LogP contribution >= 0.6 is 23.5 Å². The molecule has 0 aromatic carbocycles. The minimum Gasteiger partial charge on any atom is -0.465 e. The number of aromatic nitrogens is 4. The van der Waals surface area contributed by atoms with Crippen molar-refractivity contribution in [3.8, 4) is 6.01 Å². The lowest BCUT2D eigenvalue weighted by molar-refractivity contribution is -0.0535. The van der Waals surface area contributed by atoms with Crippen LogP contribution in [0.15, 0.2) is 6.33 Å². The van der Waals surface area contributed by atoms with E-state index in [9.17, 15) is 33.7 Å². The van der Waals surface area contributed by atoms with Crippen LogP contribution in [0, 0.1) is 0 Å². The number of imidazole rings is 1. The van der Waals surface area contributed by atoms with Gasteiger partial charge in [-0.3, -0.25) is 4.52 Å². The Bertz CT molecular complexity index is 1220. The fourth-order valence-electron chi connectivity index (χ4n) is 3.10. The Morgan fingerprint density at radius 1 is 1.08 bits per heavy atom. The number of unbranched alkanes of at least 4 members (excludes halogenated alkanes) is 1. The van der Waals surface area contributed by atoms with E-state index in [1.807, 2.05) is 6.92 Å². The topological polar surface area (TPSA) is 288 Å². The van der Waals surface area contributed by atoms with E-state index in [0.29, 0.717) is 6.42 Å². The molecule has 19 nitrogen and oxygen atoms in total. The third-order valence-electron chi connectivity index (χ3n) is 4.61. The fraction of sp³-hybridized carbons (Fsp3) is 0.643. The van der Waals surface area contributed by atoms with Gasteiger partial charge in [0.05, 0.1) is 13.2 Å². The Labute approximate surface area is 202 Å². The molecule has 2 aromatic rings. The zero-order valence-electron chi connectivity index (χ0n) is 18.4. The van der Waals surface area contributed by atoms with E-state index in [4.69, 9.17) is 25.0 Å². The Morgan fingerprint density at radius 2 is 1.78 bits per heavy atom. The van der Waals surface area contributed by atoms with Crippen molar-refractivity contribution in [2.75, 3.05) is 18.9 Å². The molecule has 3 heterocycles. The lowest BCUT2D eigenvalue weighted by atomic mass is 10.1. The average molecular weight is 579 g/mol. The van der Waals surface area contributed by atoms with Crippen LogP contribution in [0.1, 0.15) is 26.0 Å². The number of phosphoric ester groups is 1. The number of phosphoric acid groups is 3. The molecule has 0 bridgehead atoms. The molecule has 6 atom stereocenters. The number of hydrogen-bond donors (Lipinski definition) is 7. The maximum absolute atomic E-state index is 12.0. The van der Waals surface area contributed by atoms with Crippen molar-refractivity contribution in [1.82, 2.24) is 19.5 Å². The number of aliphatic hydroxyl groups excluding tert-OH is 2. The highest BCUT2D eigenvalue weighted by Crippen LogP contribution is 2.66. The molecule has 1 fully saturated rings. The molecule has 8 N–H and O–H groups in total. The SMILES string of the molecule is CCCCOc1nc2c(N)ncnc2n1[C@@H]1O[C@H](COP(=O)(O)OP(=O)(O)OP(=O)(O)O)[C@@H](O)[C@H]1O. The van der Waals surface area contributed by atoms with Gasteiger partial charge < -0.3 is 45.0 Å². The molecule has 36 heavy (non-hydrogen) atoms. The summed E-state index contributed by atoms with van der Waals surface area (Å²) in [6.07, 6.45) is -3.77. The monoisotopic (exact) mass is 579 g/mol. The van der Waals surface area contributed by atoms with Crippen LogP contribution in [-0.2, 0) is 31.6 Å². The van der Waals surface area contributed by atoms with Crippen LogP contribution in [0.5, 0.6) is 6.01 Å². The lowest BCUT2D eigenvalue weighted by Crippen LogP contribution is -2.33. The van der Waals surface area contributed by atoms with Crippen LogP contribution < -0.4 is 10.5 Å². The first-order valence-corrected chi connectivity index (χ1v) is 14.6. The largest absolute Gasteiger partial charge is 0.490 e. The standard InChI is InChI=1S/C14H24N5O14P3/c1-2-3-4-29-14-18-8-11(15)16-6-17-12(8)19(14)13-10(21)9(20)7(31-13)5-30-35(25,26)33-36(27,28)32-34(22,23)24/h6-7,9-10,13,20-21H,2-5H2,1H3,(H,25,26)(H,27,28)(H2,15,16,17)(H2,22,23,24)/t7-,9-,10-,13-/m1/s1. The van der Waals surface area contributed by atoms with Gasteiger partial charge in [0, 0.05) is 0 Å².